The molecule has 1 fully saturated rings. The first-order chi connectivity index (χ1) is 16.0. The van der Waals surface area contributed by atoms with Crippen molar-refractivity contribution in [2.45, 2.75) is 49.9 Å². The molecule has 8 N–H and O–H groups in total. The molecule has 1 aliphatic heterocycles. The Bertz CT molecular complexity index is 927. The van der Waals surface area contributed by atoms with E-state index in [1.54, 1.807) is 12.1 Å². The molecule has 4 amide bonds. The molecule has 0 radical (unpaired) electrons. The predicted molar refractivity (Wildman–Crippen MR) is 124 cm³/mol. The Hall–Kier alpha value is -3.32. The van der Waals surface area contributed by atoms with Crippen molar-refractivity contribution in [2.75, 3.05) is 12.3 Å². The van der Waals surface area contributed by atoms with Crippen molar-refractivity contribution in [3.8, 4) is 5.75 Å². The second-order valence-corrected chi connectivity index (χ2v) is 8.35. The quantitative estimate of drug-likeness (QED) is 0.172. The molecule has 0 spiro atoms. The Morgan fingerprint density at radius 1 is 1.09 bits per heavy atom. The third kappa shape index (κ3) is 7.35. The van der Waals surface area contributed by atoms with Crippen molar-refractivity contribution in [1.29, 1.82) is 0 Å². The average molecular weight is 496 g/mol. The Morgan fingerprint density at radius 2 is 1.71 bits per heavy atom. The molecule has 0 aromatic heterocycles. The zero-order valence-corrected chi connectivity index (χ0v) is 19.2. The number of aromatic hydroxyl groups is 1. The van der Waals surface area contributed by atoms with E-state index in [1.165, 1.54) is 12.1 Å². The zero-order chi connectivity index (χ0) is 25.4. The maximum absolute atomic E-state index is 13.1. The molecule has 186 valence electrons. The molecular formula is C21H29N5O7S. The third-order valence-corrected chi connectivity index (χ3v) is 5.78. The second-order valence-electron chi connectivity index (χ2n) is 7.98. The van der Waals surface area contributed by atoms with Gasteiger partial charge in [0.05, 0.1) is 12.5 Å². The number of nitrogens with two attached hydrogens (primary N) is 2. The first-order valence-electron chi connectivity index (χ1n) is 10.6. The molecular weight excluding hydrogens is 466 g/mol. The molecule has 4 atom stereocenters. The summed E-state index contributed by atoms with van der Waals surface area (Å²) >= 11 is 3.97. The van der Waals surface area contributed by atoms with Crippen molar-refractivity contribution in [2.24, 2.45) is 11.5 Å². The maximum Gasteiger partial charge on any atom is 0.326 e. The van der Waals surface area contributed by atoms with Crippen LogP contribution in [-0.2, 0) is 30.4 Å². The van der Waals surface area contributed by atoms with Crippen LogP contribution in [0, 0.1) is 0 Å². The number of amides is 4. The number of carbonyl (C=O) groups excluding carboxylic acids is 4. The number of benzene rings is 1. The number of aliphatic carboxylic acids is 1. The number of nitrogens with one attached hydrogen (secondary N) is 2. The number of hydrogen-bond donors (Lipinski definition) is 7. The number of phenols is 1. The second kappa shape index (κ2) is 12.2. The summed E-state index contributed by atoms with van der Waals surface area (Å²) in [5.41, 5.74) is 11.5. The molecule has 4 unspecified atom stereocenters. The number of carboxylic acids is 1. The van der Waals surface area contributed by atoms with Gasteiger partial charge in [0.2, 0.25) is 23.6 Å². The van der Waals surface area contributed by atoms with Gasteiger partial charge in [0.25, 0.3) is 0 Å². The number of nitrogens with zero attached hydrogens (tertiary/aromatic N) is 1. The van der Waals surface area contributed by atoms with Crippen molar-refractivity contribution in [1.82, 2.24) is 15.5 Å². The van der Waals surface area contributed by atoms with E-state index >= 15 is 0 Å². The lowest BCUT2D eigenvalue weighted by molar-refractivity contribution is -0.149. The number of carbonyl (C=O) groups is 5. The molecule has 0 saturated carbocycles. The molecule has 12 nitrogen and oxygen atoms in total. The lowest BCUT2D eigenvalue weighted by atomic mass is 10.0. The Balaban J connectivity index is 2.25. The minimum Gasteiger partial charge on any atom is -0.508 e. The Kier molecular flexibility index (Phi) is 9.69. The summed E-state index contributed by atoms with van der Waals surface area (Å²) < 4.78 is 0. The molecule has 0 bridgehead atoms. The summed E-state index contributed by atoms with van der Waals surface area (Å²) in [6.45, 7) is 0.158. The van der Waals surface area contributed by atoms with Crippen LogP contribution in [0.5, 0.6) is 5.75 Å². The first kappa shape index (κ1) is 26.9. The number of rotatable bonds is 11. The van der Waals surface area contributed by atoms with E-state index in [-0.39, 0.29) is 30.9 Å². The highest BCUT2D eigenvalue weighted by Crippen LogP contribution is 2.19. The fourth-order valence-electron chi connectivity index (χ4n) is 3.60. The van der Waals surface area contributed by atoms with Crippen LogP contribution in [0.2, 0.25) is 0 Å². The highest BCUT2D eigenvalue weighted by atomic mass is 32.1. The van der Waals surface area contributed by atoms with E-state index in [1.807, 2.05) is 0 Å². The topological polar surface area (TPSA) is 205 Å². The highest BCUT2D eigenvalue weighted by Gasteiger charge is 2.39. The Labute approximate surface area is 201 Å². The average Bonchev–Trinajstić information content (AvgIpc) is 3.28. The van der Waals surface area contributed by atoms with Gasteiger partial charge >= 0.3 is 5.97 Å². The molecule has 1 aromatic rings. The van der Waals surface area contributed by atoms with Crippen molar-refractivity contribution in [3.63, 3.8) is 0 Å². The van der Waals surface area contributed by atoms with Gasteiger partial charge in [0, 0.05) is 18.7 Å². The van der Waals surface area contributed by atoms with E-state index in [0.29, 0.717) is 12.0 Å². The van der Waals surface area contributed by atoms with Crippen molar-refractivity contribution < 1.29 is 34.2 Å². The molecule has 34 heavy (non-hydrogen) atoms. The Morgan fingerprint density at radius 3 is 2.26 bits per heavy atom. The number of phenolic OH excluding ortho intramolecular Hbond substituents is 1. The summed E-state index contributed by atoms with van der Waals surface area (Å²) in [5.74, 6) is -4.23. The van der Waals surface area contributed by atoms with Crippen molar-refractivity contribution in [3.05, 3.63) is 29.8 Å². The summed E-state index contributed by atoms with van der Waals surface area (Å²) in [4.78, 5) is 62.6. The highest BCUT2D eigenvalue weighted by molar-refractivity contribution is 7.80. The molecule has 2 rings (SSSR count). The van der Waals surface area contributed by atoms with Gasteiger partial charge in [-0.1, -0.05) is 12.1 Å². The van der Waals surface area contributed by atoms with Gasteiger partial charge < -0.3 is 37.2 Å². The van der Waals surface area contributed by atoms with Gasteiger partial charge in [0.15, 0.2) is 0 Å². The zero-order valence-electron chi connectivity index (χ0n) is 18.3. The van der Waals surface area contributed by atoms with Crippen LogP contribution in [0.25, 0.3) is 0 Å². The molecule has 1 aromatic carbocycles. The third-order valence-electron chi connectivity index (χ3n) is 5.38. The van der Waals surface area contributed by atoms with Crippen LogP contribution < -0.4 is 22.1 Å². The van der Waals surface area contributed by atoms with Gasteiger partial charge in [-0.3, -0.25) is 19.2 Å². The minimum absolute atomic E-state index is 0.0107. The van der Waals surface area contributed by atoms with E-state index in [0.717, 1.165) is 4.90 Å². The standard InChI is InChI=1S/C21H29N5O7S/c22-13(10-34)18(29)24-14(8-11-3-5-12(27)6-4-11)19(30)25-15(9-17(23)28)20(31)26-7-1-2-16(26)21(32)33/h3-6,13-16,27,34H,1-2,7-10,22H2,(H2,23,28)(H,24,29)(H,25,30)(H,32,33). The fourth-order valence-corrected chi connectivity index (χ4v) is 3.77. The summed E-state index contributed by atoms with van der Waals surface area (Å²) in [6.07, 6.45) is 0.139. The summed E-state index contributed by atoms with van der Waals surface area (Å²) in [7, 11) is 0. The summed E-state index contributed by atoms with van der Waals surface area (Å²) in [6, 6.07) is 1.24. The molecule has 13 heteroatoms. The monoisotopic (exact) mass is 495 g/mol. The maximum atomic E-state index is 13.1. The normalized spacial score (nSPS) is 17.9. The van der Waals surface area contributed by atoms with Gasteiger partial charge in [-0.05, 0) is 30.5 Å². The smallest absolute Gasteiger partial charge is 0.326 e. The van der Waals surface area contributed by atoms with Gasteiger partial charge in [0.1, 0.15) is 23.9 Å². The number of hydrogen-bond acceptors (Lipinski definition) is 8. The molecule has 1 aliphatic rings. The van der Waals surface area contributed by atoms with Crippen LogP contribution in [0.15, 0.2) is 24.3 Å². The van der Waals surface area contributed by atoms with Gasteiger partial charge in [-0.25, -0.2) is 4.79 Å². The van der Waals surface area contributed by atoms with E-state index in [4.69, 9.17) is 11.5 Å². The minimum atomic E-state index is -1.41. The van der Waals surface area contributed by atoms with Crippen molar-refractivity contribution >= 4 is 42.2 Å². The van der Waals surface area contributed by atoms with Gasteiger partial charge in [-0.2, -0.15) is 12.6 Å². The van der Waals surface area contributed by atoms with E-state index in [2.05, 4.69) is 23.3 Å². The van der Waals surface area contributed by atoms with Crippen LogP contribution in [-0.4, -0.2) is 81.2 Å². The van der Waals surface area contributed by atoms with Crippen LogP contribution in [0.1, 0.15) is 24.8 Å². The van der Waals surface area contributed by atoms with Gasteiger partial charge in [-0.15, -0.1) is 0 Å². The molecule has 1 heterocycles. The number of likely N-dealkylation sites (tertiary alicyclic amines) is 1. The largest absolute Gasteiger partial charge is 0.508 e. The predicted octanol–water partition coefficient (Wildman–Crippen LogP) is -1.89. The lowest BCUT2D eigenvalue weighted by Crippen LogP contribution is -2.58. The lowest BCUT2D eigenvalue weighted by Gasteiger charge is -2.28. The number of carboxylic acid groups (broad SMARTS) is 1. The van der Waals surface area contributed by atoms with E-state index < -0.39 is 60.2 Å². The summed E-state index contributed by atoms with van der Waals surface area (Å²) in [5, 5.41) is 23.8. The van der Waals surface area contributed by atoms with E-state index in [9.17, 15) is 34.2 Å². The SMILES string of the molecule is NC(=O)CC(NC(=O)C(Cc1ccc(O)cc1)NC(=O)C(N)CS)C(=O)N1CCCC1C(=O)O. The molecule has 1 saturated heterocycles. The fraction of sp³-hybridized carbons (Fsp3) is 0.476. The van der Waals surface area contributed by atoms with Crippen LogP contribution >= 0.6 is 12.6 Å². The number of primary amides is 1. The number of thiol groups is 1. The van der Waals surface area contributed by atoms with Crippen LogP contribution in [0.3, 0.4) is 0 Å². The molecule has 0 aliphatic carbocycles. The van der Waals surface area contributed by atoms with Crippen LogP contribution in [0.4, 0.5) is 0 Å². The first-order valence-corrected chi connectivity index (χ1v) is 11.2.